The van der Waals surface area contributed by atoms with Crippen LogP contribution in [0.5, 0.6) is 0 Å². The summed E-state index contributed by atoms with van der Waals surface area (Å²) in [6.07, 6.45) is -3.74. The monoisotopic (exact) mass is 633 g/mol. The summed E-state index contributed by atoms with van der Waals surface area (Å²) in [6, 6.07) is 5.20. The molecule has 14 heteroatoms. The molecule has 1 aliphatic rings. The summed E-state index contributed by atoms with van der Waals surface area (Å²) in [7, 11) is -1.45. The number of H-pyrrole nitrogens is 1. The van der Waals surface area contributed by atoms with E-state index in [4.69, 9.17) is 27.9 Å². The van der Waals surface area contributed by atoms with Gasteiger partial charge in [-0.05, 0) is 61.7 Å². The second-order valence-electron chi connectivity index (χ2n) is 9.67. The molecule has 1 fully saturated rings. The number of hydrogen-bond donors (Lipinski definition) is 1. The molecule has 1 aliphatic heterocycles. The summed E-state index contributed by atoms with van der Waals surface area (Å²) in [6.45, 7) is 3.57. The molecule has 2 aromatic carbocycles. The minimum atomic E-state index is -4.87. The highest BCUT2D eigenvalue weighted by molar-refractivity contribution is 7.85. The minimum absolute atomic E-state index is 0.184. The number of aromatic amines is 1. The summed E-state index contributed by atoms with van der Waals surface area (Å²) in [5.41, 5.74) is -3.20. The molecular weight excluding hydrogens is 606 g/mol. The summed E-state index contributed by atoms with van der Waals surface area (Å²) in [5, 5.41) is -0.545. The summed E-state index contributed by atoms with van der Waals surface area (Å²) in [4.78, 5) is 43.3. The van der Waals surface area contributed by atoms with Crippen LogP contribution in [-0.4, -0.2) is 50.1 Å². The van der Waals surface area contributed by atoms with Gasteiger partial charge in [0.25, 0.3) is 5.56 Å². The molecule has 222 valence electrons. The number of hydrogen-bond acceptors (Lipinski definition) is 6. The first-order chi connectivity index (χ1) is 19.3. The lowest BCUT2D eigenvalue weighted by Gasteiger charge is -2.32. The van der Waals surface area contributed by atoms with Gasteiger partial charge in [-0.25, -0.2) is 4.79 Å². The molecule has 0 saturated carbocycles. The molecule has 2 atom stereocenters. The van der Waals surface area contributed by atoms with Gasteiger partial charge in [0.15, 0.2) is 0 Å². The molecule has 1 aromatic heterocycles. The Balaban J connectivity index is 1.80. The van der Waals surface area contributed by atoms with Gasteiger partial charge < -0.3 is 9.72 Å². The second-order valence-corrected chi connectivity index (χ2v) is 12.2. The lowest BCUT2D eigenvalue weighted by atomic mass is 9.96. The van der Waals surface area contributed by atoms with Crippen LogP contribution in [0.1, 0.15) is 43.4 Å². The summed E-state index contributed by atoms with van der Waals surface area (Å²) in [5.74, 6) is -0.626. The van der Waals surface area contributed by atoms with Crippen molar-refractivity contribution in [3.8, 4) is 0 Å². The van der Waals surface area contributed by atoms with E-state index in [9.17, 15) is 31.8 Å². The first-order valence-corrected chi connectivity index (χ1v) is 15.0. The first-order valence-electron chi connectivity index (χ1n) is 13.0. The van der Waals surface area contributed by atoms with Crippen LogP contribution in [0.3, 0.4) is 0 Å². The fraction of sp³-hybridized carbons (Fsp3) is 0.444. The quantitative estimate of drug-likeness (QED) is 0.352. The van der Waals surface area contributed by atoms with Crippen LogP contribution in [0.15, 0.2) is 38.8 Å². The van der Waals surface area contributed by atoms with Crippen LogP contribution in [0, 0.1) is 5.92 Å². The molecule has 1 N–H and O–H groups in total. The van der Waals surface area contributed by atoms with Crippen molar-refractivity contribution in [3.05, 3.63) is 71.8 Å². The highest BCUT2D eigenvalue weighted by Gasteiger charge is 2.37. The van der Waals surface area contributed by atoms with Gasteiger partial charge in [0.05, 0.1) is 51.4 Å². The molecule has 0 aliphatic carbocycles. The van der Waals surface area contributed by atoms with Gasteiger partial charge in [0.1, 0.15) is 0 Å². The van der Waals surface area contributed by atoms with Crippen molar-refractivity contribution in [3.63, 3.8) is 0 Å². The van der Waals surface area contributed by atoms with Gasteiger partial charge in [0, 0.05) is 28.8 Å². The van der Waals surface area contributed by atoms with Crippen LogP contribution in [0.4, 0.5) is 13.2 Å². The number of esters is 1. The standard InChI is InChI=1S/C27H28Cl2F3N3O5S/c1-3-40-25(37)15-6-5-9-34(12-15)14-19-20(27(30,31)32)11-18-23(22(19)29)33-26(38)35(24(18)36)13-16-10-17(28)7-8-21(16)41(39)4-2/h7-8,10-11,15H,3-6,9,12-14H2,1-2H3,(H,33,38)/t15-,41?/m1/s1. The Bertz CT molecular complexity index is 1620. The molecule has 0 amide bonds. The number of alkyl halides is 3. The number of fused-ring (bicyclic) bond motifs is 1. The number of aromatic nitrogens is 2. The molecule has 3 aromatic rings. The Morgan fingerprint density at radius 3 is 2.56 bits per heavy atom. The number of carbonyl (C=O) groups is 1. The Morgan fingerprint density at radius 1 is 1.17 bits per heavy atom. The van der Waals surface area contributed by atoms with Crippen molar-refractivity contribution in [2.45, 2.75) is 50.9 Å². The Kier molecular flexibility index (Phi) is 9.67. The fourth-order valence-electron chi connectivity index (χ4n) is 5.04. The van der Waals surface area contributed by atoms with E-state index in [0.717, 1.165) is 4.57 Å². The van der Waals surface area contributed by atoms with Crippen LogP contribution >= 0.6 is 23.2 Å². The van der Waals surface area contributed by atoms with Crippen molar-refractivity contribution >= 4 is 50.9 Å². The topological polar surface area (TPSA) is 101 Å². The van der Waals surface area contributed by atoms with E-state index in [1.54, 1.807) is 18.7 Å². The van der Waals surface area contributed by atoms with E-state index in [2.05, 4.69) is 4.98 Å². The Morgan fingerprint density at radius 2 is 1.90 bits per heavy atom. The number of rotatable bonds is 8. The maximum atomic E-state index is 14.3. The van der Waals surface area contributed by atoms with Gasteiger partial charge in [-0.2, -0.15) is 13.2 Å². The summed E-state index contributed by atoms with van der Waals surface area (Å²) < 4.78 is 61.3. The van der Waals surface area contributed by atoms with Crippen molar-refractivity contribution in [1.29, 1.82) is 0 Å². The molecule has 0 spiro atoms. The lowest BCUT2D eigenvalue weighted by Crippen LogP contribution is -2.39. The van der Waals surface area contributed by atoms with Gasteiger partial charge >= 0.3 is 17.8 Å². The van der Waals surface area contributed by atoms with Crippen LogP contribution in [-0.2, 0) is 39.6 Å². The van der Waals surface area contributed by atoms with Crippen LogP contribution in [0.25, 0.3) is 10.9 Å². The molecule has 4 rings (SSSR count). The van der Waals surface area contributed by atoms with Crippen molar-refractivity contribution in [1.82, 2.24) is 14.5 Å². The number of carbonyl (C=O) groups excluding carboxylic acids is 1. The first kappa shape index (κ1) is 31.3. The lowest BCUT2D eigenvalue weighted by molar-refractivity contribution is -0.150. The maximum Gasteiger partial charge on any atom is 0.416 e. The number of ether oxygens (including phenoxy) is 1. The number of nitrogens with one attached hydrogen (secondary N) is 1. The predicted octanol–water partition coefficient (Wildman–Crippen LogP) is 4.97. The number of piperidine rings is 1. The van der Waals surface area contributed by atoms with Gasteiger partial charge in [0.2, 0.25) is 0 Å². The second kappa shape index (κ2) is 12.7. The van der Waals surface area contributed by atoms with Crippen LogP contribution in [0.2, 0.25) is 10.0 Å². The van der Waals surface area contributed by atoms with E-state index in [0.29, 0.717) is 35.9 Å². The third kappa shape index (κ3) is 6.71. The van der Waals surface area contributed by atoms with Crippen molar-refractivity contribution in [2.24, 2.45) is 5.92 Å². The smallest absolute Gasteiger partial charge is 0.416 e. The maximum absolute atomic E-state index is 14.3. The highest BCUT2D eigenvalue weighted by atomic mass is 35.5. The van der Waals surface area contributed by atoms with E-state index in [-0.39, 0.29) is 48.1 Å². The zero-order valence-electron chi connectivity index (χ0n) is 22.3. The molecule has 0 radical (unpaired) electrons. The molecule has 1 unspecified atom stereocenters. The normalized spacial score (nSPS) is 17.1. The third-order valence-electron chi connectivity index (χ3n) is 6.99. The Labute approximate surface area is 245 Å². The number of halogens is 5. The van der Waals surface area contributed by atoms with E-state index in [1.807, 2.05) is 0 Å². The van der Waals surface area contributed by atoms with Gasteiger partial charge in [-0.15, -0.1) is 0 Å². The molecule has 41 heavy (non-hydrogen) atoms. The average molecular weight is 635 g/mol. The van der Waals surface area contributed by atoms with E-state index >= 15 is 0 Å². The number of nitrogens with zero attached hydrogens (tertiary/aromatic N) is 2. The predicted molar refractivity (Wildman–Crippen MR) is 151 cm³/mol. The molecule has 2 heterocycles. The minimum Gasteiger partial charge on any atom is -0.466 e. The van der Waals surface area contributed by atoms with E-state index < -0.39 is 56.1 Å². The molecule has 1 saturated heterocycles. The van der Waals surface area contributed by atoms with E-state index in [1.165, 1.54) is 18.2 Å². The zero-order chi connectivity index (χ0) is 30.1. The zero-order valence-corrected chi connectivity index (χ0v) is 24.6. The Hall–Kier alpha value is -2.67. The largest absolute Gasteiger partial charge is 0.466 e. The van der Waals surface area contributed by atoms with Crippen LogP contribution < -0.4 is 11.2 Å². The molecule has 0 bridgehead atoms. The molecular formula is C27H28Cl2F3N3O5S. The molecule has 8 nitrogen and oxygen atoms in total. The SMILES string of the molecule is CCOC(=O)[C@@H]1CCCN(Cc2c(C(F)(F)F)cc3c(=O)n(Cc4cc(Cl)ccc4S(=O)CC)c(=O)[nH]c3c2Cl)C1. The van der Waals surface area contributed by atoms with Gasteiger partial charge in [-0.1, -0.05) is 30.1 Å². The summed E-state index contributed by atoms with van der Waals surface area (Å²) >= 11 is 12.6. The van der Waals surface area contributed by atoms with Crippen molar-refractivity contribution in [2.75, 3.05) is 25.4 Å². The fourth-order valence-corrected chi connectivity index (χ4v) is 6.49. The number of benzene rings is 2. The average Bonchev–Trinajstić information content (AvgIpc) is 2.92. The van der Waals surface area contributed by atoms with Gasteiger partial charge in [-0.3, -0.25) is 23.3 Å². The van der Waals surface area contributed by atoms with Crippen molar-refractivity contribution < 1.29 is 26.9 Å². The highest BCUT2D eigenvalue weighted by Crippen LogP contribution is 2.39. The number of likely N-dealkylation sites (tertiary alicyclic amines) is 1. The third-order valence-corrected chi connectivity index (χ3v) is 9.06.